The molecule has 1 aliphatic rings. The number of carbonyl (C=O) groups is 2. The second-order valence-corrected chi connectivity index (χ2v) is 7.88. The van der Waals surface area contributed by atoms with Crippen LogP contribution in [0.1, 0.15) is 60.1 Å². The molecule has 0 spiro atoms. The Morgan fingerprint density at radius 3 is 2.62 bits per heavy atom. The third kappa shape index (κ3) is 5.82. The van der Waals surface area contributed by atoms with Gasteiger partial charge in [-0.15, -0.1) is 12.3 Å². The van der Waals surface area contributed by atoms with E-state index < -0.39 is 5.97 Å². The molecule has 32 heavy (non-hydrogen) atoms. The fourth-order valence-corrected chi connectivity index (χ4v) is 4.12. The van der Waals surface area contributed by atoms with Crippen molar-refractivity contribution in [2.75, 3.05) is 24.6 Å². The molecule has 0 aliphatic carbocycles. The van der Waals surface area contributed by atoms with Gasteiger partial charge in [-0.05, 0) is 55.5 Å². The van der Waals surface area contributed by atoms with Crippen LogP contribution in [-0.2, 0) is 11.2 Å². The molecule has 1 fully saturated rings. The van der Waals surface area contributed by atoms with Crippen molar-refractivity contribution < 1.29 is 19.4 Å². The maximum absolute atomic E-state index is 12.9. The number of carbonyl (C=O) groups excluding carboxylic acids is 1. The van der Waals surface area contributed by atoms with Crippen LogP contribution >= 0.6 is 0 Å². The van der Waals surface area contributed by atoms with Crippen LogP contribution in [0.25, 0.3) is 0 Å². The Morgan fingerprint density at radius 2 is 1.94 bits per heavy atom. The number of anilines is 1. The van der Waals surface area contributed by atoms with Gasteiger partial charge in [-0.2, -0.15) is 0 Å². The van der Waals surface area contributed by atoms with Gasteiger partial charge in [0.15, 0.2) is 0 Å². The predicted molar refractivity (Wildman–Crippen MR) is 125 cm³/mol. The molecule has 1 heterocycles. The number of terminal acetylenes is 1. The van der Waals surface area contributed by atoms with Crippen molar-refractivity contribution in [1.29, 1.82) is 0 Å². The fourth-order valence-electron chi connectivity index (χ4n) is 4.12. The molecule has 168 valence electrons. The quantitative estimate of drug-likeness (QED) is 0.579. The smallest absolute Gasteiger partial charge is 0.339 e. The lowest BCUT2D eigenvalue weighted by Gasteiger charge is -2.32. The van der Waals surface area contributed by atoms with E-state index in [-0.39, 0.29) is 29.7 Å². The van der Waals surface area contributed by atoms with Crippen LogP contribution in [0.4, 0.5) is 5.69 Å². The SMILES string of the molecule is C#CCC(NC(=O)Cc1ccc(C(=O)O)c(OCC)c1)c1ccccc1N1CCCCC1. The number of aromatic carboxylic acids is 1. The Morgan fingerprint density at radius 1 is 1.19 bits per heavy atom. The van der Waals surface area contributed by atoms with Crippen LogP contribution in [-0.4, -0.2) is 36.7 Å². The van der Waals surface area contributed by atoms with E-state index in [0.29, 0.717) is 18.6 Å². The summed E-state index contributed by atoms with van der Waals surface area (Å²) in [4.78, 5) is 26.6. The first kappa shape index (κ1) is 23.2. The fraction of sp³-hybridized carbons (Fsp3) is 0.385. The van der Waals surface area contributed by atoms with Gasteiger partial charge in [0.25, 0.3) is 0 Å². The Bertz CT molecular complexity index is 990. The summed E-state index contributed by atoms with van der Waals surface area (Å²) in [6.07, 6.45) is 9.69. The van der Waals surface area contributed by atoms with Gasteiger partial charge >= 0.3 is 5.97 Å². The summed E-state index contributed by atoms with van der Waals surface area (Å²) in [5, 5.41) is 12.4. The van der Waals surface area contributed by atoms with Crippen LogP contribution in [0.2, 0.25) is 0 Å². The average molecular weight is 435 g/mol. The van der Waals surface area contributed by atoms with Crippen molar-refractivity contribution in [1.82, 2.24) is 5.32 Å². The highest BCUT2D eigenvalue weighted by Crippen LogP contribution is 2.30. The number of piperidine rings is 1. The van der Waals surface area contributed by atoms with Gasteiger partial charge < -0.3 is 20.1 Å². The standard InChI is InChI=1S/C26H30N2O4/c1-3-10-22(20-11-6-7-12-23(20)28-15-8-5-9-16-28)27-25(29)18-19-13-14-21(26(30)31)24(17-19)32-4-2/h1,6-7,11-14,17,22H,4-5,8-10,15-16,18H2,2H3,(H,27,29)(H,30,31). The molecule has 0 radical (unpaired) electrons. The summed E-state index contributed by atoms with van der Waals surface area (Å²) in [5.41, 5.74) is 2.91. The third-order valence-corrected chi connectivity index (χ3v) is 5.61. The van der Waals surface area contributed by atoms with E-state index in [0.717, 1.165) is 37.2 Å². The number of rotatable bonds is 9. The Hall–Kier alpha value is -3.46. The molecule has 0 aromatic heterocycles. The second-order valence-electron chi connectivity index (χ2n) is 7.88. The van der Waals surface area contributed by atoms with Gasteiger partial charge in [0.1, 0.15) is 11.3 Å². The first-order valence-electron chi connectivity index (χ1n) is 11.1. The monoisotopic (exact) mass is 434 g/mol. The molecule has 0 bridgehead atoms. The normalized spacial score (nSPS) is 14.3. The summed E-state index contributed by atoms with van der Waals surface area (Å²) in [6, 6.07) is 12.5. The average Bonchev–Trinajstić information content (AvgIpc) is 2.79. The second kappa shape index (κ2) is 11.2. The topological polar surface area (TPSA) is 78.9 Å². The number of nitrogens with one attached hydrogen (secondary N) is 1. The van der Waals surface area contributed by atoms with Gasteiger partial charge in [0.05, 0.1) is 19.1 Å². The largest absolute Gasteiger partial charge is 0.493 e. The minimum absolute atomic E-state index is 0.0803. The number of nitrogens with zero attached hydrogens (tertiary/aromatic N) is 1. The molecule has 1 amide bonds. The number of benzene rings is 2. The molecule has 1 unspecified atom stereocenters. The molecular weight excluding hydrogens is 404 g/mol. The lowest BCUT2D eigenvalue weighted by Crippen LogP contribution is -2.34. The number of hydrogen-bond donors (Lipinski definition) is 2. The number of amides is 1. The van der Waals surface area contributed by atoms with E-state index in [9.17, 15) is 14.7 Å². The molecule has 2 aromatic rings. The number of ether oxygens (including phenoxy) is 1. The number of hydrogen-bond acceptors (Lipinski definition) is 4. The molecule has 3 rings (SSSR count). The summed E-state index contributed by atoms with van der Waals surface area (Å²) in [5.74, 6) is 1.72. The number of para-hydroxylation sites is 1. The zero-order valence-electron chi connectivity index (χ0n) is 18.5. The van der Waals surface area contributed by atoms with Crippen molar-refractivity contribution >= 4 is 17.6 Å². The number of carboxylic acids is 1. The summed E-state index contributed by atoms with van der Waals surface area (Å²) < 4.78 is 5.45. The van der Waals surface area contributed by atoms with Gasteiger partial charge in [-0.3, -0.25) is 4.79 Å². The first-order valence-corrected chi connectivity index (χ1v) is 11.1. The zero-order valence-corrected chi connectivity index (χ0v) is 18.5. The molecule has 6 nitrogen and oxygen atoms in total. The zero-order chi connectivity index (χ0) is 22.9. The highest BCUT2D eigenvalue weighted by Gasteiger charge is 2.21. The maximum Gasteiger partial charge on any atom is 0.339 e. The van der Waals surface area contributed by atoms with Crippen molar-refractivity contribution in [3.05, 3.63) is 59.2 Å². The number of carboxylic acid groups (broad SMARTS) is 1. The minimum atomic E-state index is -1.06. The lowest BCUT2D eigenvalue weighted by atomic mass is 9.99. The van der Waals surface area contributed by atoms with E-state index in [1.54, 1.807) is 19.1 Å². The summed E-state index contributed by atoms with van der Waals surface area (Å²) in [7, 11) is 0. The summed E-state index contributed by atoms with van der Waals surface area (Å²) >= 11 is 0. The predicted octanol–water partition coefficient (Wildman–Crippen LogP) is 4.20. The van der Waals surface area contributed by atoms with Crippen LogP contribution in [0, 0.1) is 12.3 Å². The van der Waals surface area contributed by atoms with Gasteiger partial charge in [-0.1, -0.05) is 24.3 Å². The van der Waals surface area contributed by atoms with E-state index >= 15 is 0 Å². The molecule has 6 heteroatoms. The molecular formula is C26H30N2O4. The van der Waals surface area contributed by atoms with Gasteiger partial charge in [0.2, 0.25) is 5.91 Å². The van der Waals surface area contributed by atoms with E-state index in [2.05, 4.69) is 22.2 Å². The Kier molecular flexibility index (Phi) is 8.15. The maximum atomic E-state index is 12.9. The highest BCUT2D eigenvalue weighted by atomic mass is 16.5. The Labute approximate surface area is 189 Å². The molecule has 2 N–H and O–H groups in total. The first-order chi connectivity index (χ1) is 15.5. The summed E-state index contributed by atoms with van der Waals surface area (Å²) in [6.45, 7) is 4.14. The molecule has 1 saturated heterocycles. The molecule has 2 aromatic carbocycles. The van der Waals surface area contributed by atoms with E-state index in [4.69, 9.17) is 11.2 Å². The van der Waals surface area contributed by atoms with E-state index in [1.165, 1.54) is 12.5 Å². The van der Waals surface area contributed by atoms with Crippen LogP contribution < -0.4 is 15.0 Å². The van der Waals surface area contributed by atoms with E-state index in [1.807, 2.05) is 18.2 Å². The minimum Gasteiger partial charge on any atom is -0.493 e. The van der Waals surface area contributed by atoms with Crippen molar-refractivity contribution in [2.24, 2.45) is 0 Å². The molecule has 1 aliphatic heterocycles. The van der Waals surface area contributed by atoms with Crippen LogP contribution in [0.3, 0.4) is 0 Å². The highest BCUT2D eigenvalue weighted by molar-refractivity contribution is 5.91. The third-order valence-electron chi connectivity index (χ3n) is 5.61. The van der Waals surface area contributed by atoms with Gasteiger partial charge in [-0.25, -0.2) is 4.79 Å². The van der Waals surface area contributed by atoms with Gasteiger partial charge in [0, 0.05) is 25.2 Å². The molecule has 0 saturated carbocycles. The van der Waals surface area contributed by atoms with Crippen LogP contribution in [0.15, 0.2) is 42.5 Å². The van der Waals surface area contributed by atoms with Crippen molar-refractivity contribution in [2.45, 2.75) is 45.1 Å². The lowest BCUT2D eigenvalue weighted by molar-refractivity contribution is -0.121. The van der Waals surface area contributed by atoms with Crippen molar-refractivity contribution in [3.8, 4) is 18.1 Å². The van der Waals surface area contributed by atoms with Crippen LogP contribution in [0.5, 0.6) is 5.75 Å². The Balaban J connectivity index is 1.77. The van der Waals surface area contributed by atoms with Crippen molar-refractivity contribution in [3.63, 3.8) is 0 Å². The molecule has 1 atom stereocenters.